The standard InChI is InChI=1S/C23H49NO5Si/c1-7-11-12-13-15-21(25)16-14-17-22(26)24-20-23(5,6)18-19-30(27-8-2,28-9-3)29-10-4/h21,25H,7-20H2,1-6H3,(H,24,26). The highest BCUT2D eigenvalue weighted by Gasteiger charge is 2.41. The lowest BCUT2D eigenvalue weighted by Crippen LogP contribution is -2.47. The number of carbonyl (C=O) groups excluding carboxylic acids is 1. The molecule has 2 N–H and O–H groups in total. The number of hydrogen-bond donors (Lipinski definition) is 2. The molecule has 0 saturated heterocycles. The average Bonchev–Trinajstić information content (AvgIpc) is 2.69. The molecule has 0 aliphatic rings. The van der Waals surface area contributed by atoms with Gasteiger partial charge in [0.15, 0.2) is 0 Å². The van der Waals surface area contributed by atoms with Gasteiger partial charge in [-0.2, -0.15) is 0 Å². The fourth-order valence-electron chi connectivity index (χ4n) is 3.46. The van der Waals surface area contributed by atoms with E-state index in [1.807, 2.05) is 20.8 Å². The van der Waals surface area contributed by atoms with Crippen LogP contribution >= 0.6 is 0 Å². The molecular formula is C23H49NO5Si. The Morgan fingerprint density at radius 3 is 2.03 bits per heavy atom. The summed E-state index contributed by atoms with van der Waals surface area (Å²) in [6.07, 6.45) is 8.03. The molecular weight excluding hydrogens is 398 g/mol. The van der Waals surface area contributed by atoms with E-state index in [4.69, 9.17) is 13.3 Å². The second-order valence-electron chi connectivity index (χ2n) is 8.82. The number of carbonyl (C=O) groups is 1. The van der Waals surface area contributed by atoms with Crippen molar-refractivity contribution in [3.05, 3.63) is 0 Å². The Bertz CT molecular complexity index is 417. The van der Waals surface area contributed by atoms with Gasteiger partial charge in [0.05, 0.1) is 6.10 Å². The monoisotopic (exact) mass is 447 g/mol. The summed E-state index contributed by atoms with van der Waals surface area (Å²) in [4.78, 5) is 12.2. The summed E-state index contributed by atoms with van der Waals surface area (Å²) in [5.74, 6) is 0.0594. The van der Waals surface area contributed by atoms with E-state index in [0.29, 0.717) is 39.2 Å². The first kappa shape index (κ1) is 29.5. The largest absolute Gasteiger partial charge is 0.500 e. The van der Waals surface area contributed by atoms with Crippen LogP contribution in [0, 0.1) is 5.41 Å². The maximum atomic E-state index is 12.2. The number of hydrogen-bond acceptors (Lipinski definition) is 5. The molecule has 0 spiro atoms. The molecule has 0 bridgehead atoms. The summed E-state index contributed by atoms with van der Waals surface area (Å²) in [5.41, 5.74) is -0.0714. The molecule has 1 atom stereocenters. The van der Waals surface area contributed by atoms with Gasteiger partial charge in [-0.15, -0.1) is 0 Å². The van der Waals surface area contributed by atoms with E-state index in [1.54, 1.807) is 0 Å². The van der Waals surface area contributed by atoms with Crippen molar-refractivity contribution < 1.29 is 23.2 Å². The third kappa shape index (κ3) is 14.5. The number of aliphatic hydroxyl groups excluding tert-OH is 1. The van der Waals surface area contributed by atoms with Gasteiger partial charge in [-0.05, 0) is 51.9 Å². The Kier molecular flexibility index (Phi) is 16.9. The second-order valence-corrected chi connectivity index (χ2v) is 11.6. The maximum absolute atomic E-state index is 12.2. The minimum Gasteiger partial charge on any atom is -0.393 e. The van der Waals surface area contributed by atoms with Gasteiger partial charge in [0.1, 0.15) is 0 Å². The summed E-state index contributed by atoms with van der Waals surface area (Å²) < 4.78 is 17.8. The fourth-order valence-corrected chi connectivity index (χ4v) is 6.44. The third-order valence-corrected chi connectivity index (χ3v) is 8.34. The molecule has 0 saturated carbocycles. The predicted octanol–water partition coefficient (Wildman–Crippen LogP) is 5.07. The predicted molar refractivity (Wildman–Crippen MR) is 125 cm³/mol. The van der Waals surface area contributed by atoms with Crippen LogP contribution in [0.3, 0.4) is 0 Å². The molecule has 6 nitrogen and oxygen atoms in total. The maximum Gasteiger partial charge on any atom is 0.500 e. The van der Waals surface area contributed by atoms with E-state index in [2.05, 4.69) is 26.1 Å². The molecule has 0 aromatic rings. The zero-order valence-electron chi connectivity index (χ0n) is 20.6. The fraction of sp³-hybridized carbons (Fsp3) is 0.957. The number of amides is 1. The molecule has 0 aliphatic carbocycles. The lowest BCUT2D eigenvalue weighted by molar-refractivity contribution is -0.121. The van der Waals surface area contributed by atoms with Crippen LogP contribution in [0.25, 0.3) is 0 Å². The van der Waals surface area contributed by atoms with Gasteiger partial charge in [0.25, 0.3) is 0 Å². The molecule has 0 radical (unpaired) electrons. The normalized spacial score (nSPS) is 13.4. The quantitative estimate of drug-likeness (QED) is 0.201. The van der Waals surface area contributed by atoms with Gasteiger partial charge < -0.3 is 23.7 Å². The Morgan fingerprint density at radius 2 is 1.50 bits per heavy atom. The summed E-state index contributed by atoms with van der Waals surface area (Å²) >= 11 is 0. The van der Waals surface area contributed by atoms with E-state index in [-0.39, 0.29) is 17.4 Å². The van der Waals surface area contributed by atoms with E-state index >= 15 is 0 Å². The van der Waals surface area contributed by atoms with Crippen molar-refractivity contribution in [1.29, 1.82) is 0 Å². The van der Waals surface area contributed by atoms with Gasteiger partial charge in [0, 0.05) is 38.8 Å². The van der Waals surface area contributed by atoms with Crippen molar-refractivity contribution in [2.75, 3.05) is 26.4 Å². The second kappa shape index (κ2) is 17.1. The highest BCUT2D eigenvalue weighted by atomic mass is 28.4. The van der Waals surface area contributed by atoms with Crippen LogP contribution in [0.4, 0.5) is 0 Å². The van der Waals surface area contributed by atoms with Gasteiger partial charge in [0.2, 0.25) is 5.91 Å². The van der Waals surface area contributed by atoms with Crippen molar-refractivity contribution in [3.63, 3.8) is 0 Å². The Hall–Kier alpha value is -0.473. The van der Waals surface area contributed by atoms with Gasteiger partial charge in [-0.1, -0.05) is 46.5 Å². The van der Waals surface area contributed by atoms with E-state index in [0.717, 1.165) is 31.7 Å². The molecule has 0 aromatic carbocycles. The Balaban J connectivity index is 4.25. The molecule has 0 heterocycles. The van der Waals surface area contributed by atoms with E-state index in [9.17, 15) is 9.90 Å². The van der Waals surface area contributed by atoms with Crippen LogP contribution < -0.4 is 5.32 Å². The molecule has 180 valence electrons. The first-order valence-corrected chi connectivity index (χ1v) is 14.0. The summed E-state index contributed by atoms with van der Waals surface area (Å²) in [7, 11) is -2.65. The lowest BCUT2D eigenvalue weighted by atomic mass is 9.90. The molecule has 0 fully saturated rings. The van der Waals surface area contributed by atoms with Crippen molar-refractivity contribution in [2.45, 2.75) is 111 Å². The highest BCUT2D eigenvalue weighted by molar-refractivity contribution is 6.60. The van der Waals surface area contributed by atoms with Crippen molar-refractivity contribution in [3.8, 4) is 0 Å². The molecule has 7 heteroatoms. The lowest BCUT2D eigenvalue weighted by Gasteiger charge is -2.32. The molecule has 0 aromatic heterocycles. The van der Waals surface area contributed by atoms with Crippen LogP contribution in [0.2, 0.25) is 6.04 Å². The highest BCUT2D eigenvalue weighted by Crippen LogP contribution is 2.28. The van der Waals surface area contributed by atoms with Gasteiger partial charge in [-0.25, -0.2) is 0 Å². The number of nitrogens with one attached hydrogen (secondary N) is 1. The number of aliphatic hydroxyl groups is 1. The van der Waals surface area contributed by atoms with E-state index < -0.39 is 8.80 Å². The average molecular weight is 448 g/mol. The zero-order valence-corrected chi connectivity index (χ0v) is 21.6. The first-order chi connectivity index (χ1) is 14.2. The number of unbranched alkanes of at least 4 members (excludes halogenated alkanes) is 3. The number of rotatable bonds is 20. The first-order valence-electron chi connectivity index (χ1n) is 12.1. The zero-order chi connectivity index (χ0) is 22.9. The molecule has 0 aliphatic heterocycles. The Morgan fingerprint density at radius 1 is 0.933 bits per heavy atom. The van der Waals surface area contributed by atoms with Gasteiger partial charge >= 0.3 is 8.80 Å². The smallest absolute Gasteiger partial charge is 0.393 e. The van der Waals surface area contributed by atoms with Crippen molar-refractivity contribution in [2.24, 2.45) is 5.41 Å². The summed E-state index contributed by atoms with van der Waals surface area (Å²) in [6, 6.07) is 0.746. The molecule has 1 amide bonds. The minimum atomic E-state index is -2.65. The van der Waals surface area contributed by atoms with Crippen molar-refractivity contribution >= 4 is 14.7 Å². The van der Waals surface area contributed by atoms with Crippen molar-refractivity contribution in [1.82, 2.24) is 5.32 Å². The summed E-state index contributed by atoms with van der Waals surface area (Å²) in [6.45, 7) is 14.7. The van der Waals surface area contributed by atoms with Crippen LogP contribution in [0.5, 0.6) is 0 Å². The van der Waals surface area contributed by atoms with E-state index in [1.165, 1.54) is 19.3 Å². The third-order valence-electron chi connectivity index (χ3n) is 5.30. The van der Waals surface area contributed by atoms with Crippen LogP contribution in [-0.2, 0) is 18.1 Å². The van der Waals surface area contributed by atoms with Crippen LogP contribution in [0.15, 0.2) is 0 Å². The molecule has 0 rings (SSSR count). The molecule has 30 heavy (non-hydrogen) atoms. The SMILES string of the molecule is CCCCCCC(O)CCCC(=O)NCC(C)(C)CC[Si](OCC)(OCC)OCC. The van der Waals surface area contributed by atoms with Crippen LogP contribution in [0.1, 0.15) is 99.3 Å². The van der Waals surface area contributed by atoms with Crippen LogP contribution in [-0.4, -0.2) is 52.3 Å². The molecule has 1 unspecified atom stereocenters. The summed E-state index contributed by atoms with van der Waals surface area (Å²) in [5, 5.41) is 13.1. The Labute approximate surface area is 186 Å². The van der Waals surface area contributed by atoms with Gasteiger partial charge in [-0.3, -0.25) is 4.79 Å². The minimum absolute atomic E-state index is 0.0594. The topological polar surface area (TPSA) is 77.0 Å².